The monoisotopic (exact) mass is 532 g/mol. The Morgan fingerprint density at radius 1 is 0.971 bits per heavy atom. The molecule has 1 aliphatic rings. The normalized spacial score (nSPS) is 14.7. The summed E-state index contributed by atoms with van der Waals surface area (Å²) in [5.41, 5.74) is 0.399. The van der Waals surface area contributed by atoms with Crippen molar-refractivity contribution < 1.29 is 28.2 Å². The molecule has 35 heavy (non-hydrogen) atoms. The van der Waals surface area contributed by atoms with Gasteiger partial charge in [0, 0.05) is 15.6 Å². The Balaban J connectivity index is 1.78. The van der Waals surface area contributed by atoms with Crippen LogP contribution in [0.5, 0.6) is 0 Å². The van der Waals surface area contributed by atoms with Crippen molar-refractivity contribution in [3.8, 4) is 0 Å². The van der Waals surface area contributed by atoms with Gasteiger partial charge in [0.1, 0.15) is 11.5 Å². The van der Waals surface area contributed by atoms with E-state index in [0.29, 0.717) is 10.6 Å². The number of hydrogen-bond donors (Lipinski definition) is 3. The summed E-state index contributed by atoms with van der Waals surface area (Å²) < 4.78 is 27.6. The molecule has 0 saturated carbocycles. The third kappa shape index (κ3) is 5.12. The number of amides is 1. The number of aromatic carboxylic acids is 1. The van der Waals surface area contributed by atoms with Gasteiger partial charge in [-0.15, -0.1) is 0 Å². The summed E-state index contributed by atoms with van der Waals surface area (Å²) in [5, 5.41) is 23.4. The van der Waals surface area contributed by atoms with Crippen LogP contribution in [0.15, 0.2) is 72.5 Å². The number of anilines is 2. The molecule has 0 unspecified atom stereocenters. The largest absolute Gasteiger partial charge is 0.510 e. The maximum Gasteiger partial charge on any atom is 0.337 e. The van der Waals surface area contributed by atoms with Crippen LogP contribution in [-0.2, 0) is 21.4 Å². The van der Waals surface area contributed by atoms with E-state index < -0.39 is 33.4 Å². The van der Waals surface area contributed by atoms with E-state index in [1.54, 1.807) is 36.4 Å². The molecule has 1 amide bonds. The van der Waals surface area contributed by atoms with Gasteiger partial charge >= 0.3 is 5.97 Å². The molecule has 8 nitrogen and oxygen atoms in total. The zero-order chi connectivity index (χ0) is 25.3. The number of carboxylic acids is 1. The van der Waals surface area contributed by atoms with Gasteiger partial charge in [-0.3, -0.25) is 9.10 Å². The molecule has 0 aliphatic carbocycles. The van der Waals surface area contributed by atoms with Crippen molar-refractivity contribution in [1.82, 2.24) is 0 Å². The molecule has 1 heterocycles. The van der Waals surface area contributed by atoms with E-state index in [0.717, 1.165) is 4.31 Å². The molecule has 0 saturated heterocycles. The first kappa shape index (κ1) is 24.6. The third-order valence-corrected chi connectivity index (χ3v) is 7.43. The number of benzene rings is 3. The van der Waals surface area contributed by atoms with Crippen LogP contribution in [0.4, 0.5) is 11.4 Å². The molecule has 3 aromatic rings. The molecule has 4 rings (SSSR count). The van der Waals surface area contributed by atoms with Crippen LogP contribution < -0.4 is 9.62 Å². The Morgan fingerprint density at radius 3 is 2.31 bits per heavy atom. The van der Waals surface area contributed by atoms with Gasteiger partial charge in [-0.1, -0.05) is 53.5 Å². The Labute approximate surface area is 211 Å². The average Bonchev–Trinajstić information content (AvgIpc) is 2.87. The SMILES string of the molecule is O=C(Nc1ccc(Cl)cc1C(=O)O)C1=C(O)CS(=O)(=O)N(Cc2ccc(Cl)cc2)c2ccccc21. The number of carboxylic acid groups (broad SMARTS) is 1. The van der Waals surface area contributed by atoms with E-state index in [1.807, 2.05) is 0 Å². The van der Waals surface area contributed by atoms with Crippen molar-refractivity contribution >= 4 is 62.0 Å². The van der Waals surface area contributed by atoms with Gasteiger partial charge in [0.05, 0.1) is 29.1 Å². The number of sulfonamides is 1. The Morgan fingerprint density at radius 2 is 1.63 bits per heavy atom. The van der Waals surface area contributed by atoms with Gasteiger partial charge in [-0.05, 0) is 42.0 Å². The Kier molecular flexibility index (Phi) is 6.75. The number of carbonyl (C=O) groups excluding carboxylic acids is 1. The van der Waals surface area contributed by atoms with E-state index in [2.05, 4.69) is 5.32 Å². The summed E-state index contributed by atoms with van der Waals surface area (Å²) in [6, 6.07) is 16.8. The third-order valence-electron chi connectivity index (χ3n) is 5.31. The lowest BCUT2D eigenvalue weighted by Gasteiger charge is -2.24. The fourth-order valence-corrected chi connectivity index (χ4v) is 5.46. The number of rotatable bonds is 5. The lowest BCUT2D eigenvalue weighted by Crippen LogP contribution is -2.32. The Bertz CT molecular complexity index is 1470. The summed E-state index contributed by atoms with van der Waals surface area (Å²) in [4.78, 5) is 24.9. The highest BCUT2D eigenvalue weighted by Crippen LogP contribution is 2.36. The highest BCUT2D eigenvalue weighted by atomic mass is 35.5. The Hall–Kier alpha value is -3.53. The van der Waals surface area contributed by atoms with E-state index >= 15 is 0 Å². The molecular weight excluding hydrogens is 515 g/mol. The van der Waals surface area contributed by atoms with Gasteiger partial charge in [-0.2, -0.15) is 0 Å². The van der Waals surface area contributed by atoms with Crippen molar-refractivity contribution in [1.29, 1.82) is 0 Å². The molecule has 0 fully saturated rings. The van der Waals surface area contributed by atoms with Gasteiger partial charge in [0.2, 0.25) is 10.0 Å². The van der Waals surface area contributed by atoms with E-state index in [9.17, 15) is 28.2 Å². The van der Waals surface area contributed by atoms with E-state index in [1.165, 1.54) is 30.3 Å². The number of halogens is 2. The summed E-state index contributed by atoms with van der Waals surface area (Å²) in [6.45, 7) is -0.0565. The van der Waals surface area contributed by atoms with Crippen LogP contribution >= 0.6 is 23.2 Å². The van der Waals surface area contributed by atoms with E-state index in [-0.39, 0.29) is 39.6 Å². The second kappa shape index (κ2) is 9.61. The minimum absolute atomic E-state index is 0.0565. The van der Waals surface area contributed by atoms with Crippen LogP contribution in [0.3, 0.4) is 0 Å². The maximum absolute atomic E-state index is 13.3. The number of aliphatic hydroxyl groups is 1. The summed E-state index contributed by atoms with van der Waals surface area (Å²) >= 11 is 11.8. The topological polar surface area (TPSA) is 124 Å². The summed E-state index contributed by atoms with van der Waals surface area (Å²) in [5.74, 6) is -3.69. The minimum Gasteiger partial charge on any atom is -0.510 e. The number of nitrogens with one attached hydrogen (secondary N) is 1. The molecular formula is C24H18Cl2N2O6S. The van der Waals surface area contributed by atoms with Gasteiger partial charge in [0.25, 0.3) is 5.91 Å². The molecule has 0 aromatic heterocycles. The first-order valence-corrected chi connectivity index (χ1v) is 12.5. The summed E-state index contributed by atoms with van der Waals surface area (Å²) in [7, 11) is -4.10. The fraction of sp³-hybridized carbons (Fsp3) is 0.0833. The van der Waals surface area contributed by atoms with Gasteiger partial charge < -0.3 is 15.5 Å². The molecule has 1 aliphatic heterocycles. The molecule has 0 bridgehead atoms. The smallest absolute Gasteiger partial charge is 0.337 e. The van der Waals surface area contributed by atoms with Crippen molar-refractivity contribution in [2.75, 3.05) is 15.4 Å². The quantitative estimate of drug-likeness (QED) is 0.427. The van der Waals surface area contributed by atoms with Crippen LogP contribution in [-0.4, -0.2) is 36.3 Å². The zero-order valence-corrected chi connectivity index (χ0v) is 20.2. The predicted octanol–water partition coefficient (Wildman–Crippen LogP) is 4.95. The minimum atomic E-state index is -4.10. The molecule has 11 heteroatoms. The molecule has 0 spiro atoms. The summed E-state index contributed by atoms with van der Waals surface area (Å²) in [6.07, 6.45) is 0. The molecule has 0 atom stereocenters. The van der Waals surface area contributed by atoms with Gasteiger partial charge in [0.15, 0.2) is 0 Å². The van der Waals surface area contributed by atoms with Crippen LogP contribution in [0.25, 0.3) is 5.57 Å². The fourth-order valence-electron chi connectivity index (χ4n) is 3.71. The highest BCUT2D eigenvalue weighted by molar-refractivity contribution is 7.93. The average molecular weight is 533 g/mol. The number of aliphatic hydroxyl groups excluding tert-OH is 1. The predicted molar refractivity (Wildman–Crippen MR) is 134 cm³/mol. The zero-order valence-electron chi connectivity index (χ0n) is 17.9. The van der Waals surface area contributed by atoms with Gasteiger partial charge in [-0.25, -0.2) is 13.2 Å². The first-order valence-electron chi connectivity index (χ1n) is 10.2. The second-order valence-electron chi connectivity index (χ2n) is 7.68. The lowest BCUT2D eigenvalue weighted by atomic mass is 10.0. The van der Waals surface area contributed by atoms with E-state index in [4.69, 9.17) is 23.2 Å². The number of nitrogens with zero attached hydrogens (tertiary/aromatic N) is 1. The number of carbonyl (C=O) groups is 2. The molecule has 3 N–H and O–H groups in total. The molecule has 0 radical (unpaired) electrons. The number of fused-ring (bicyclic) bond motifs is 1. The maximum atomic E-state index is 13.3. The van der Waals surface area contributed by atoms with Crippen molar-refractivity contribution in [3.63, 3.8) is 0 Å². The lowest BCUT2D eigenvalue weighted by molar-refractivity contribution is -0.111. The first-order chi connectivity index (χ1) is 16.6. The van der Waals surface area contributed by atoms with Crippen molar-refractivity contribution in [3.05, 3.63) is 99.2 Å². The molecule has 180 valence electrons. The number of hydrogen-bond acceptors (Lipinski definition) is 5. The van der Waals surface area contributed by atoms with Crippen molar-refractivity contribution in [2.24, 2.45) is 0 Å². The van der Waals surface area contributed by atoms with Crippen molar-refractivity contribution in [2.45, 2.75) is 6.54 Å². The van der Waals surface area contributed by atoms with Crippen LogP contribution in [0.1, 0.15) is 21.5 Å². The second-order valence-corrected chi connectivity index (χ2v) is 10.4. The van der Waals surface area contributed by atoms with Crippen LogP contribution in [0, 0.1) is 0 Å². The standard InChI is InChI=1S/C24H18Cl2N2O6S/c25-15-7-5-14(6-8-15)12-28-20-4-2-1-3-17(20)22(21(29)13-35(28,33)34)23(30)27-19-10-9-16(26)11-18(19)24(31)32/h1-11,29H,12-13H2,(H,27,30)(H,31,32). The van der Waals surface area contributed by atoms with Crippen LogP contribution in [0.2, 0.25) is 10.0 Å². The molecule has 3 aromatic carbocycles. The highest BCUT2D eigenvalue weighted by Gasteiger charge is 2.35. The number of para-hydroxylation sites is 1.